The molecule has 7 heteroatoms. The number of hydrazone groups is 1. The summed E-state index contributed by atoms with van der Waals surface area (Å²) in [6.07, 6.45) is 0.290. The van der Waals surface area contributed by atoms with Crippen LogP contribution in [0.5, 0.6) is 0 Å². The zero-order chi connectivity index (χ0) is 12.8. The molecule has 0 aliphatic carbocycles. The Hall–Kier alpha value is -1.37. The third kappa shape index (κ3) is 3.55. The van der Waals surface area contributed by atoms with E-state index in [1.807, 2.05) is 6.92 Å². The van der Waals surface area contributed by atoms with Crippen molar-refractivity contribution in [1.29, 1.82) is 0 Å². The SMILES string of the molecule is C=NNC(=O)CCN1C(=O)CC(SCC)C1=O. The van der Waals surface area contributed by atoms with E-state index in [-0.39, 0.29) is 42.4 Å². The summed E-state index contributed by atoms with van der Waals surface area (Å²) in [5, 5.41) is 2.94. The van der Waals surface area contributed by atoms with Gasteiger partial charge in [-0.05, 0) is 5.75 Å². The first kappa shape index (κ1) is 13.7. The molecule has 0 radical (unpaired) electrons. The fraction of sp³-hybridized carbons (Fsp3) is 0.600. The number of nitrogens with zero attached hydrogens (tertiary/aromatic N) is 2. The summed E-state index contributed by atoms with van der Waals surface area (Å²) >= 11 is 1.46. The van der Waals surface area contributed by atoms with Crippen LogP contribution in [-0.2, 0) is 14.4 Å². The molecule has 1 fully saturated rings. The number of hydrogen-bond acceptors (Lipinski definition) is 5. The topological polar surface area (TPSA) is 78.8 Å². The Balaban J connectivity index is 2.48. The summed E-state index contributed by atoms with van der Waals surface area (Å²) in [5.41, 5.74) is 2.16. The lowest BCUT2D eigenvalue weighted by Gasteiger charge is -2.13. The van der Waals surface area contributed by atoms with Crippen molar-refractivity contribution in [2.45, 2.75) is 25.0 Å². The molecule has 17 heavy (non-hydrogen) atoms. The normalized spacial score (nSPS) is 19.6. The van der Waals surface area contributed by atoms with E-state index in [4.69, 9.17) is 0 Å². The number of carbonyl (C=O) groups is 3. The van der Waals surface area contributed by atoms with E-state index < -0.39 is 0 Å². The van der Waals surface area contributed by atoms with E-state index in [9.17, 15) is 14.4 Å². The van der Waals surface area contributed by atoms with Crippen molar-refractivity contribution in [3.63, 3.8) is 0 Å². The van der Waals surface area contributed by atoms with Gasteiger partial charge in [0.2, 0.25) is 17.7 Å². The Bertz CT molecular complexity index is 346. The Labute approximate surface area is 104 Å². The Morgan fingerprint density at radius 1 is 1.65 bits per heavy atom. The number of nitrogens with one attached hydrogen (secondary N) is 1. The minimum Gasteiger partial charge on any atom is -0.281 e. The number of carbonyl (C=O) groups excluding carboxylic acids is 3. The maximum atomic E-state index is 11.8. The maximum absolute atomic E-state index is 11.8. The van der Waals surface area contributed by atoms with Gasteiger partial charge in [-0.2, -0.15) is 5.10 Å². The van der Waals surface area contributed by atoms with Crippen molar-refractivity contribution in [2.24, 2.45) is 5.10 Å². The average Bonchev–Trinajstić information content (AvgIpc) is 2.53. The van der Waals surface area contributed by atoms with Crippen molar-refractivity contribution in [2.75, 3.05) is 12.3 Å². The van der Waals surface area contributed by atoms with Crippen LogP contribution in [0.25, 0.3) is 0 Å². The first-order valence-corrected chi connectivity index (χ1v) is 6.35. The predicted octanol–water partition coefficient (Wildman–Crippen LogP) is -0.0111. The molecule has 1 atom stereocenters. The third-order valence-electron chi connectivity index (χ3n) is 2.34. The van der Waals surface area contributed by atoms with Gasteiger partial charge in [0.1, 0.15) is 0 Å². The monoisotopic (exact) mass is 257 g/mol. The van der Waals surface area contributed by atoms with Crippen LogP contribution in [0, 0.1) is 0 Å². The van der Waals surface area contributed by atoms with Gasteiger partial charge in [-0.25, -0.2) is 5.43 Å². The quantitative estimate of drug-likeness (QED) is 0.412. The molecule has 3 amide bonds. The standard InChI is InChI=1S/C10H15N3O3S/c1-3-17-7-6-9(15)13(10(7)16)5-4-8(14)12-11-2/h7H,2-6H2,1H3,(H,12,14). The largest absolute Gasteiger partial charge is 0.281 e. The first-order valence-electron chi connectivity index (χ1n) is 5.30. The predicted molar refractivity (Wildman–Crippen MR) is 65.6 cm³/mol. The lowest BCUT2D eigenvalue weighted by Crippen LogP contribution is -2.34. The van der Waals surface area contributed by atoms with Crippen LogP contribution in [0.3, 0.4) is 0 Å². The number of hydrogen-bond donors (Lipinski definition) is 1. The number of likely N-dealkylation sites (tertiary alicyclic amines) is 1. The summed E-state index contributed by atoms with van der Waals surface area (Å²) in [4.78, 5) is 35.6. The molecule has 1 aliphatic heterocycles. The van der Waals surface area contributed by atoms with Gasteiger partial charge in [-0.15, -0.1) is 11.8 Å². The second kappa shape index (κ2) is 6.39. The maximum Gasteiger partial charge on any atom is 0.242 e. The van der Waals surface area contributed by atoms with Crippen molar-refractivity contribution in [3.8, 4) is 0 Å². The second-order valence-corrected chi connectivity index (χ2v) is 4.95. The van der Waals surface area contributed by atoms with Crippen LogP contribution in [0.1, 0.15) is 19.8 Å². The summed E-state index contributed by atoms with van der Waals surface area (Å²) in [6, 6.07) is 0. The van der Waals surface area contributed by atoms with E-state index in [1.165, 1.54) is 11.8 Å². The molecule has 1 rings (SSSR count). The molecule has 1 unspecified atom stereocenters. The average molecular weight is 257 g/mol. The molecule has 0 spiro atoms. The van der Waals surface area contributed by atoms with E-state index >= 15 is 0 Å². The van der Waals surface area contributed by atoms with E-state index in [0.717, 1.165) is 10.7 Å². The van der Waals surface area contributed by atoms with Gasteiger partial charge in [0, 0.05) is 26.1 Å². The molecule has 1 N–H and O–H groups in total. The van der Waals surface area contributed by atoms with Gasteiger partial charge < -0.3 is 0 Å². The van der Waals surface area contributed by atoms with Crippen molar-refractivity contribution < 1.29 is 14.4 Å². The zero-order valence-corrected chi connectivity index (χ0v) is 10.5. The molecule has 0 bridgehead atoms. The molecule has 6 nitrogen and oxygen atoms in total. The highest BCUT2D eigenvalue weighted by Gasteiger charge is 2.38. The van der Waals surface area contributed by atoms with Crippen LogP contribution in [-0.4, -0.2) is 46.9 Å². The molecule has 1 heterocycles. The zero-order valence-electron chi connectivity index (χ0n) is 9.64. The van der Waals surface area contributed by atoms with Crippen LogP contribution in [0.15, 0.2) is 5.10 Å². The lowest BCUT2D eigenvalue weighted by atomic mass is 10.4. The molecule has 0 aromatic rings. The van der Waals surface area contributed by atoms with E-state index in [1.54, 1.807) is 0 Å². The number of rotatable bonds is 6. The highest BCUT2D eigenvalue weighted by atomic mass is 32.2. The lowest BCUT2D eigenvalue weighted by molar-refractivity contribution is -0.138. The molecule has 0 saturated carbocycles. The molecule has 0 aromatic carbocycles. The van der Waals surface area contributed by atoms with Crippen LogP contribution in [0.2, 0.25) is 0 Å². The minimum atomic E-state index is -0.354. The molecular weight excluding hydrogens is 242 g/mol. The third-order valence-corrected chi connectivity index (χ3v) is 3.44. The van der Waals surface area contributed by atoms with Gasteiger partial charge in [-0.1, -0.05) is 6.92 Å². The summed E-state index contributed by atoms with van der Waals surface area (Å²) in [5.74, 6) is 0.0343. The Morgan fingerprint density at radius 3 is 2.94 bits per heavy atom. The highest BCUT2D eigenvalue weighted by Crippen LogP contribution is 2.24. The van der Waals surface area contributed by atoms with Gasteiger partial charge in [0.05, 0.1) is 5.25 Å². The van der Waals surface area contributed by atoms with Gasteiger partial charge in [-0.3, -0.25) is 19.3 Å². The number of thioether (sulfide) groups is 1. The Kier molecular flexibility index (Phi) is 5.14. The number of amides is 3. The van der Waals surface area contributed by atoms with Gasteiger partial charge in [0.15, 0.2) is 0 Å². The summed E-state index contributed by atoms with van der Waals surface area (Å²) in [7, 11) is 0. The van der Waals surface area contributed by atoms with Crippen LogP contribution < -0.4 is 5.43 Å². The van der Waals surface area contributed by atoms with Crippen LogP contribution >= 0.6 is 11.8 Å². The first-order chi connectivity index (χ1) is 8.10. The molecular formula is C10H15N3O3S. The minimum absolute atomic E-state index is 0.0556. The van der Waals surface area contributed by atoms with Crippen molar-refractivity contribution >= 4 is 36.2 Å². The van der Waals surface area contributed by atoms with Crippen molar-refractivity contribution in [1.82, 2.24) is 10.3 Å². The molecule has 1 aliphatic rings. The van der Waals surface area contributed by atoms with E-state index in [2.05, 4.69) is 17.2 Å². The smallest absolute Gasteiger partial charge is 0.242 e. The van der Waals surface area contributed by atoms with Gasteiger partial charge in [0.25, 0.3) is 0 Å². The second-order valence-electron chi connectivity index (χ2n) is 3.47. The summed E-state index contributed by atoms with van der Waals surface area (Å²) < 4.78 is 0. The van der Waals surface area contributed by atoms with Crippen LogP contribution in [0.4, 0.5) is 0 Å². The molecule has 94 valence electrons. The number of imide groups is 1. The van der Waals surface area contributed by atoms with Gasteiger partial charge >= 0.3 is 0 Å². The van der Waals surface area contributed by atoms with Crippen molar-refractivity contribution in [3.05, 3.63) is 0 Å². The molecule has 1 saturated heterocycles. The molecule has 0 aromatic heterocycles. The fourth-order valence-electron chi connectivity index (χ4n) is 1.58. The van der Waals surface area contributed by atoms with E-state index in [0.29, 0.717) is 0 Å². The highest BCUT2D eigenvalue weighted by molar-refractivity contribution is 8.00. The Morgan fingerprint density at radius 2 is 2.35 bits per heavy atom. The fourth-order valence-corrected chi connectivity index (χ4v) is 2.51. The summed E-state index contributed by atoms with van der Waals surface area (Å²) in [6.45, 7) is 5.16.